The molecule has 8 nitrogen and oxygen atoms in total. The van der Waals surface area contributed by atoms with E-state index in [1.165, 1.54) is 23.0 Å². The number of hydrogen-bond acceptors (Lipinski definition) is 7. The second-order valence-corrected chi connectivity index (χ2v) is 10.6. The maximum Gasteiger partial charge on any atom is 0.259 e. The number of halogens is 3. The molecule has 1 aromatic heterocycles. The molecule has 0 bridgehead atoms. The van der Waals surface area contributed by atoms with Crippen LogP contribution in [0.15, 0.2) is 35.4 Å². The molecule has 194 valence electrons. The summed E-state index contributed by atoms with van der Waals surface area (Å²) in [6.07, 6.45) is 0.501. The predicted octanol–water partition coefficient (Wildman–Crippen LogP) is 3.73. The Hall–Kier alpha value is -2.83. The molecule has 0 saturated heterocycles. The number of benzene rings is 1. The fourth-order valence-corrected chi connectivity index (χ4v) is 5.38. The third-order valence-electron chi connectivity index (χ3n) is 6.32. The summed E-state index contributed by atoms with van der Waals surface area (Å²) >= 11 is 1.54. The Morgan fingerprint density at radius 3 is 2.75 bits per heavy atom. The molecule has 36 heavy (non-hydrogen) atoms. The lowest BCUT2D eigenvalue weighted by Gasteiger charge is -2.36. The molecule has 1 aliphatic heterocycles. The lowest BCUT2D eigenvalue weighted by molar-refractivity contribution is -0.103. The summed E-state index contributed by atoms with van der Waals surface area (Å²) in [5.41, 5.74) is 1.95. The van der Waals surface area contributed by atoms with Gasteiger partial charge in [0.1, 0.15) is 17.3 Å². The van der Waals surface area contributed by atoms with Crippen molar-refractivity contribution in [3.63, 3.8) is 0 Å². The van der Waals surface area contributed by atoms with Gasteiger partial charge in [0.15, 0.2) is 5.84 Å². The summed E-state index contributed by atoms with van der Waals surface area (Å²) in [4.78, 5) is 17.3. The molecule has 5 N–H and O–H groups in total. The molecule has 1 fully saturated rings. The zero-order valence-corrected chi connectivity index (χ0v) is 21.0. The van der Waals surface area contributed by atoms with Gasteiger partial charge in [0.2, 0.25) is 5.92 Å². The van der Waals surface area contributed by atoms with Gasteiger partial charge in [0, 0.05) is 37.7 Å². The normalized spacial score (nSPS) is 18.0. The third kappa shape index (κ3) is 5.93. The zero-order valence-electron chi connectivity index (χ0n) is 20.2. The molecule has 4 rings (SSSR count). The molecule has 12 heteroatoms. The molecule has 0 atom stereocenters. The highest BCUT2D eigenvalue weighted by Gasteiger charge is 2.45. The number of hydrazine groups is 1. The number of carbonyl (C=O) groups excluding carboxylic acids is 1. The molecular weight excluding hydrogens is 491 g/mol. The highest BCUT2D eigenvalue weighted by Crippen LogP contribution is 2.44. The molecule has 0 unspecified atom stereocenters. The summed E-state index contributed by atoms with van der Waals surface area (Å²) in [5, 5.41) is 7.70. The smallest absolute Gasteiger partial charge is 0.259 e. The number of amidine groups is 1. The second kappa shape index (κ2) is 10.7. The van der Waals surface area contributed by atoms with Crippen LogP contribution in [-0.4, -0.2) is 50.3 Å². The Kier molecular flexibility index (Phi) is 7.76. The molecule has 2 aromatic rings. The molecule has 1 saturated carbocycles. The standard InChI is InChI=1S/C24H30F3N7OS/c1-14(2)34(29)22(32-28)20-4-3-5-21(30-20)31-23(35)18-8-17-12-33(7-6-16(17)9-19(18)25)36-13-15-10-24(26,27)11-15/h3-5,8-9,14-15H,6-7,10-13,28-29H2,1-2H3,(H,30,31,35)/b32-22-. The van der Waals surface area contributed by atoms with Crippen molar-refractivity contribution in [2.75, 3.05) is 17.6 Å². The fraction of sp³-hybridized carbons (Fsp3) is 0.458. The quantitative estimate of drug-likeness (QED) is 0.167. The monoisotopic (exact) mass is 521 g/mol. The first kappa shape index (κ1) is 26.2. The number of pyridine rings is 1. The van der Waals surface area contributed by atoms with Gasteiger partial charge < -0.3 is 11.2 Å². The number of nitrogens with one attached hydrogen (secondary N) is 1. The van der Waals surface area contributed by atoms with Gasteiger partial charge in [-0.3, -0.25) is 9.80 Å². The number of alkyl halides is 2. The maximum atomic E-state index is 14.8. The molecule has 0 radical (unpaired) electrons. The number of carbonyl (C=O) groups is 1. The predicted molar refractivity (Wildman–Crippen MR) is 135 cm³/mol. The van der Waals surface area contributed by atoms with Crippen molar-refractivity contribution in [3.05, 3.63) is 58.5 Å². The van der Waals surface area contributed by atoms with Crippen LogP contribution in [0.25, 0.3) is 0 Å². The molecule has 1 amide bonds. The van der Waals surface area contributed by atoms with Crippen molar-refractivity contribution in [2.45, 2.75) is 51.6 Å². The van der Waals surface area contributed by atoms with Crippen LogP contribution in [0, 0.1) is 11.7 Å². The van der Waals surface area contributed by atoms with Gasteiger partial charge in [-0.1, -0.05) is 18.0 Å². The number of nitrogens with zero attached hydrogens (tertiary/aromatic N) is 4. The van der Waals surface area contributed by atoms with E-state index in [1.807, 2.05) is 13.8 Å². The third-order valence-corrected chi connectivity index (χ3v) is 7.62. The maximum absolute atomic E-state index is 14.8. The topological polar surface area (TPSA) is 113 Å². The van der Waals surface area contributed by atoms with Crippen LogP contribution in [-0.2, 0) is 13.0 Å². The van der Waals surface area contributed by atoms with E-state index in [-0.39, 0.29) is 42.0 Å². The Balaban J connectivity index is 1.44. The van der Waals surface area contributed by atoms with Gasteiger partial charge in [-0.25, -0.2) is 28.3 Å². The van der Waals surface area contributed by atoms with E-state index < -0.39 is 17.6 Å². The largest absolute Gasteiger partial charge is 0.321 e. The van der Waals surface area contributed by atoms with E-state index in [1.54, 1.807) is 24.3 Å². The number of hydrazone groups is 1. The summed E-state index contributed by atoms with van der Waals surface area (Å²) < 4.78 is 43.1. The Labute approximate surface area is 212 Å². The first-order chi connectivity index (χ1) is 17.1. The molecule has 1 aromatic carbocycles. The second-order valence-electron chi connectivity index (χ2n) is 9.46. The van der Waals surface area contributed by atoms with Crippen molar-refractivity contribution in [1.29, 1.82) is 0 Å². The van der Waals surface area contributed by atoms with Crippen molar-refractivity contribution in [2.24, 2.45) is 22.7 Å². The molecule has 0 spiro atoms. The molecule has 2 aliphatic rings. The first-order valence-electron chi connectivity index (χ1n) is 11.7. The van der Waals surface area contributed by atoms with Crippen molar-refractivity contribution >= 4 is 29.5 Å². The number of aromatic nitrogens is 1. The number of nitrogens with two attached hydrogens (primary N) is 2. The van der Waals surface area contributed by atoms with Gasteiger partial charge in [0.25, 0.3) is 5.91 Å². The van der Waals surface area contributed by atoms with Gasteiger partial charge >= 0.3 is 0 Å². The summed E-state index contributed by atoms with van der Waals surface area (Å²) in [6.45, 7) is 4.93. The minimum Gasteiger partial charge on any atom is -0.321 e. The first-order valence-corrected chi connectivity index (χ1v) is 12.7. The number of hydrogen-bond donors (Lipinski definition) is 3. The lowest BCUT2D eigenvalue weighted by atomic mass is 9.83. The highest BCUT2D eigenvalue weighted by atomic mass is 32.2. The van der Waals surface area contributed by atoms with Crippen LogP contribution >= 0.6 is 11.9 Å². The van der Waals surface area contributed by atoms with Gasteiger partial charge in [-0.15, -0.1) is 0 Å². The van der Waals surface area contributed by atoms with E-state index in [0.717, 1.165) is 11.1 Å². The van der Waals surface area contributed by atoms with E-state index in [0.29, 0.717) is 31.0 Å². The molecule has 1 aliphatic carbocycles. The summed E-state index contributed by atoms with van der Waals surface area (Å²) in [6, 6.07) is 7.75. The number of anilines is 1. The molecular formula is C24H30F3N7OS. The van der Waals surface area contributed by atoms with Crippen LogP contribution < -0.4 is 17.0 Å². The summed E-state index contributed by atoms with van der Waals surface area (Å²) in [5.74, 6) is 8.81. The van der Waals surface area contributed by atoms with Crippen LogP contribution in [0.3, 0.4) is 0 Å². The van der Waals surface area contributed by atoms with Crippen molar-refractivity contribution in [3.8, 4) is 0 Å². The van der Waals surface area contributed by atoms with E-state index >= 15 is 0 Å². The number of fused-ring (bicyclic) bond motifs is 1. The van der Waals surface area contributed by atoms with E-state index in [4.69, 9.17) is 11.7 Å². The van der Waals surface area contributed by atoms with Crippen LogP contribution in [0.2, 0.25) is 0 Å². The van der Waals surface area contributed by atoms with Crippen molar-refractivity contribution < 1.29 is 18.0 Å². The van der Waals surface area contributed by atoms with Gasteiger partial charge in [-0.05, 0) is 61.6 Å². The Morgan fingerprint density at radius 2 is 2.08 bits per heavy atom. The minimum atomic E-state index is -2.52. The van der Waals surface area contributed by atoms with E-state index in [9.17, 15) is 18.0 Å². The van der Waals surface area contributed by atoms with Crippen LogP contribution in [0.4, 0.5) is 19.0 Å². The van der Waals surface area contributed by atoms with Crippen molar-refractivity contribution in [1.82, 2.24) is 14.3 Å². The lowest BCUT2D eigenvalue weighted by Crippen LogP contribution is -2.44. The average Bonchev–Trinajstić information content (AvgIpc) is 2.81. The SMILES string of the molecule is CC(C)N(N)/C(=N\N)c1cccc(NC(=O)c2cc3c(cc2F)CCN(SCC2CC(F)(F)C2)C3)n1. The number of amides is 1. The van der Waals surface area contributed by atoms with E-state index in [2.05, 4.69) is 19.7 Å². The fourth-order valence-electron chi connectivity index (χ4n) is 4.27. The van der Waals surface area contributed by atoms with Crippen LogP contribution in [0.5, 0.6) is 0 Å². The average molecular weight is 522 g/mol. The molecule has 2 heterocycles. The van der Waals surface area contributed by atoms with Gasteiger partial charge in [-0.2, -0.15) is 5.10 Å². The van der Waals surface area contributed by atoms with Crippen LogP contribution in [0.1, 0.15) is 53.9 Å². The number of rotatable bonds is 7. The minimum absolute atomic E-state index is 0.0148. The highest BCUT2D eigenvalue weighted by molar-refractivity contribution is 7.97. The summed E-state index contributed by atoms with van der Waals surface area (Å²) in [7, 11) is 0. The Bertz CT molecular complexity index is 1150. The van der Waals surface area contributed by atoms with Gasteiger partial charge in [0.05, 0.1) is 5.56 Å². The zero-order chi connectivity index (χ0) is 26.0. The Morgan fingerprint density at radius 1 is 1.33 bits per heavy atom.